The van der Waals surface area contributed by atoms with Crippen LogP contribution in [0.5, 0.6) is 23.0 Å². The van der Waals surface area contributed by atoms with Crippen LogP contribution in [0.2, 0.25) is 0 Å². The number of hydrogen-bond acceptors (Lipinski definition) is 6. The maximum Gasteiger partial charge on any atom is 0.343 e. The fourth-order valence-electron chi connectivity index (χ4n) is 3.00. The molecule has 0 amide bonds. The van der Waals surface area contributed by atoms with Gasteiger partial charge in [-0.05, 0) is 48.0 Å². The number of benzene rings is 3. The molecule has 3 aromatic rings. The van der Waals surface area contributed by atoms with Crippen molar-refractivity contribution in [1.29, 1.82) is 5.26 Å². The second-order valence-corrected chi connectivity index (χ2v) is 6.52. The first-order valence-electron chi connectivity index (χ1n) is 9.49. The van der Waals surface area contributed by atoms with Gasteiger partial charge in [0.1, 0.15) is 5.82 Å². The Kier molecular flexibility index (Phi) is 7.09. The Hall–Kier alpha value is -4.31. The van der Waals surface area contributed by atoms with Gasteiger partial charge in [-0.1, -0.05) is 24.3 Å². The van der Waals surface area contributed by atoms with E-state index in [0.717, 1.165) is 0 Å². The van der Waals surface area contributed by atoms with Crippen LogP contribution in [-0.2, 0) is 0 Å². The Morgan fingerprint density at radius 2 is 1.53 bits per heavy atom. The van der Waals surface area contributed by atoms with Crippen molar-refractivity contribution in [1.82, 2.24) is 0 Å². The van der Waals surface area contributed by atoms with Gasteiger partial charge in [0.05, 0.1) is 38.5 Å². The molecule has 0 bridgehead atoms. The molecule has 0 aliphatic carbocycles. The zero-order chi connectivity index (χ0) is 23.1. The van der Waals surface area contributed by atoms with Crippen LogP contribution in [0.15, 0.2) is 60.7 Å². The molecule has 3 aromatic carbocycles. The fourth-order valence-corrected chi connectivity index (χ4v) is 3.00. The van der Waals surface area contributed by atoms with Crippen LogP contribution in [0, 0.1) is 17.1 Å². The van der Waals surface area contributed by atoms with Gasteiger partial charge in [-0.25, -0.2) is 9.18 Å². The minimum absolute atomic E-state index is 0.153. The molecule has 7 heteroatoms. The molecule has 32 heavy (non-hydrogen) atoms. The third-order valence-corrected chi connectivity index (χ3v) is 4.61. The number of carbonyl (C=O) groups excluding carboxylic acids is 1. The number of nitrogens with zero attached hydrogens (tertiary/aromatic N) is 1. The number of methoxy groups -OCH3 is 3. The van der Waals surface area contributed by atoms with Crippen LogP contribution in [0.3, 0.4) is 0 Å². The third kappa shape index (κ3) is 4.87. The smallest absolute Gasteiger partial charge is 0.343 e. The molecule has 0 unspecified atom stereocenters. The topological polar surface area (TPSA) is 77.8 Å². The minimum Gasteiger partial charge on any atom is -0.493 e. The quantitative estimate of drug-likeness (QED) is 0.222. The molecule has 0 saturated heterocycles. The molecule has 0 aliphatic heterocycles. The van der Waals surface area contributed by atoms with Gasteiger partial charge >= 0.3 is 5.97 Å². The zero-order valence-corrected chi connectivity index (χ0v) is 17.7. The second-order valence-electron chi connectivity index (χ2n) is 6.52. The Bertz CT molecular complexity index is 1210. The maximum atomic E-state index is 14.1. The van der Waals surface area contributed by atoms with Crippen LogP contribution in [0.1, 0.15) is 21.5 Å². The predicted octanol–water partition coefficient (Wildman–Crippen LogP) is 5.13. The largest absolute Gasteiger partial charge is 0.493 e. The normalized spacial score (nSPS) is 10.8. The number of carbonyl (C=O) groups is 1. The summed E-state index contributed by atoms with van der Waals surface area (Å²) in [5.74, 6) is 0.240. The first-order chi connectivity index (χ1) is 15.5. The van der Waals surface area contributed by atoms with Gasteiger partial charge in [0.15, 0.2) is 23.0 Å². The SMILES string of the molecule is COc1ccc(C(=O)Oc2ccc(/C=C(/C#N)c3ccccc3F)cc2OC)cc1OC. The summed E-state index contributed by atoms with van der Waals surface area (Å²) in [6.45, 7) is 0. The van der Waals surface area contributed by atoms with Gasteiger partial charge in [-0.15, -0.1) is 0 Å². The van der Waals surface area contributed by atoms with Gasteiger partial charge < -0.3 is 18.9 Å². The number of allylic oxidation sites excluding steroid dienone is 1. The van der Waals surface area contributed by atoms with Crippen LogP contribution >= 0.6 is 0 Å². The molecule has 0 spiro atoms. The van der Waals surface area contributed by atoms with E-state index in [2.05, 4.69) is 0 Å². The maximum absolute atomic E-state index is 14.1. The molecule has 3 rings (SSSR count). The summed E-state index contributed by atoms with van der Waals surface area (Å²) < 4.78 is 35.3. The van der Waals surface area contributed by atoms with Gasteiger partial charge in [0, 0.05) is 5.56 Å². The summed E-state index contributed by atoms with van der Waals surface area (Å²) in [7, 11) is 4.40. The summed E-state index contributed by atoms with van der Waals surface area (Å²) >= 11 is 0. The van der Waals surface area contributed by atoms with E-state index in [-0.39, 0.29) is 28.2 Å². The molecule has 0 atom stereocenters. The molecule has 0 radical (unpaired) electrons. The van der Waals surface area contributed by atoms with Crippen molar-refractivity contribution < 1.29 is 28.1 Å². The fraction of sp³-hybridized carbons (Fsp3) is 0.120. The molecule has 0 saturated carbocycles. The van der Waals surface area contributed by atoms with Gasteiger partial charge in [0.2, 0.25) is 0 Å². The number of esters is 1. The van der Waals surface area contributed by atoms with Crippen LogP contribution in [0.25, 0.3) is 11.6 Å². The highest BCUT2D eigenvalue weighted by Gasteiger charge is 2.16. The summed E-state index contributed by atoms with van der Waals surface area (Å²) in [4.78, 5) is 12.6. The summed E-state index contributed by atoms with van der Waals surface area (Å²) in [6.07, 6.45) is 1.53. The lowest BCUT2D eigenvalue weighted by Gasteiger charge is -2.12. The van der Waals surface area contributed by atoms with E-state index < -0.39 is 11.8 Å². The average molecular weight is 433 g/mol. The summed E-state index contributed by atoms with van der Waals surface area (Å²) in [6, 6.07) is 17.5. The van der Waals surface area contributed by atoms with Crippen molar-refractivity contribution in [2.45, 2.75) is 0 Å². The zero-order valence-electron chi connectivity index (χ0n) is 17.7. The number of rotatable bonds is 7. The molecule has 0 fully saturated rings. The predicted molar refractivity (Wildman–Crippen MR) is 117 cm³/mol. The third-order valence-electron chi connectivity index (χ3n) is 4.61. The van der Waals surface area contributed by atoms with Gasteiger partial charge in [-0.3, -0.25) is 0 Å². The van der Waals surface area contributed by atoms with Gasteiger partial charge in [0.25, 0.3) is 0 Å². The Balaban J connectivity index is 1.88. The van der Waals surface area contributed by atoms with Crippen molar-refractivity contribution in [3.05, 3.63) is 83.2 Å². The lowest BCUT2D eigenvalue weighted by molar-refractivity contribution is 0.0729. The number of ether oxygens (including phenoxy) is 4. The van der Waals surface area contributed by atoms with Gasteiger partial charge in [-0.2, -0.15) is 5.26 Å². The van der Waals surface area contributed by atoms with E-state index in [1.54, 1.807) is 42.5 Å². The lowest BCUT2D eigenvalue weighted by atomic mass is 10.0. The van der Waals surface area contributed by atoms with E-state index in [9.17, 15) is 14.4 Å². The minimum atomic E-state index is -0.614. The average Bonchev–Trinajstić information content (AvgIpc) is 2.83. The van der Waals surface area contributed by atoms with E-state index in [4.69, 9.17) is 18.9 Å². The summed E-state index contributed by atoms with van der Waals surface area (Å²) in [5, 5.41) is 9.47. The molecule has 0 N–H and O–H groups in total. The van der Waals surface area contributed by atoms with Crippen LogP contribution < -0.4 is 18.9 Å². The number of halogens is 1. The number of hydrogen-bond donors (Lipinski definition) is 0. The van der Waals surface area contributed by atoms with E-state index in [1.165, 1.54) is 45.6 Å². The van der Waals surface area contributed by atoms with E-state index in [1.807, 2.05) is 6.07 Å². The van der Waals surface area contributed by atoms with Crippen LogP contribution in [0.4, 0.5) is 4.39 Å². The van der Waals surface area contributed by atoms with E-state index >= 15 is 0 Å². The molecule has 0 aliphatic rings. The van der Waals surface area contributed by atoms with Crippen molar-refractivity contribution in [3.8, 4) is 29.1 Å². The molecule has 6 nitrogen and oxygen atoms in total. The first-order valence-corrected chi connectivity index (χ1v) is 9.49. The highest BCUT2D eigenvalue weighted by Crippen LogP contribution is 2.32. The van der Waals surface area contributed by atoms with Crippen molar-refractivity contribution >= 4 is 17.6 Å². The molecule has 162 valence electrons. The lowest BCUT2D eigenvalue weighted by Crippen LogP contribution is -2.09. The Labute approximate surface area is 185 Å². The molecular formula is C25H20FNO5. The molecule has 0 heterocycles. The van der Waals surface area contributed by atoms with E-state index in [0.29, 0.717) is 17.1 Å². The highest BCUT2D eigenvalue weighted by molar-refractivity contribution is 5.93. The second kappa shape index (κ2) is 10.1. The van der Waals surface area contributed by atoms with Crippen LogP contribution in [-0.4, -0.2) is 27.3 Å². The molecular weight excluding hydrogens is 413 g/mol. The summed E-state index contributed by atoms with van der Waals surface area (Å²) in [5.41, 5.74) is 1.19. The highest BCUT2D eigenvalue weighted by atomic mass is 19.1. The van der Waals surface area contributed by atoms with Crippen molar-refractivity contribution in [2.75, 3.05) is 21.3 Å². The van der Waals surface area contributed by atoms with Crippen molar-refractivity contribution in [3.63, 3.8) is 0 Å². The Morgan fingerprint density at radius 1 is 0.875 bits per heavy atom. The van der Waals surface area contributed by atoms with Crippen molar-refractivity contribution in [2.24, 2.45) is 0 Å². The number of nitriles is 1. The monoisotopic (exact) mass is 433 g/mol. The molecule has 0 aromatic heterocycles. The standard InChI is InChI=1S/C25H20FNO5/c1-29-21-11-9-17(14-24(21)31-3)25(28)32-22-10-8-16(13-23(22)30-2)12-18(15-27)19-6-4-5-7-20(19)26/h4-14H,1-3H3/b18-12-. The Morgan fingerprint density at radius 3 is 2.19 bits per heavy atom. The first kappa shape index (κ1) is 22.4.